The van der Waals surface area contributed by atoms with Crippen LogP contribution >= 0.6 is 0 Å². The standard InChI is InChI=1S/C23H25N5O3/c1-2-25-23-19(24-1)10-17(28-3-5-29-6-4-28)11-21(23)31-18-7-15(8-18)9-22-26-12-16-13-30-14-20(16)27-22/h1-2,10-12,15,18H,3-9,13-14H2. The molecule has 0 bridgehead atoms. The van der Waals surface area contributed by atoms with Gasteiger partial charge in [0.15, 0.2) is 0 Å². The molecule has 8 nitrogen and oxygen atoms in total. The van der Waals surface area contributed by atoms with Gasteiger partial charge in [0.25, 0.3) is 0 Å². The van der Waals surface area contributed by atoms with E-state index in [1.165, 1.54) is 0 Å². The molecule has 0 spiro atoms. The Kier molecular flexibility index (Phi) is 4.88. The smallest absolute Gasteiger partial charge is 0.149 e. The molecule has 2 aromatic heterocycles. The van der Waals surface area contributed by atoms with Crippen LogP contribution in [0, 0.1) is 5.92 Å². The fourth-order valence-corrected chi connectivity index (χ4v) is 4.58. The molecule has 0 atom stereocenters. The Bertz CT molecular complexity index is 1100. The topological polar surface area (TPSA) is 82.5 Å². The molecule has 1 aromatic carbocycles. The summed E-state index contributed by atoms with van der Waals surface area (Å²) in [5, 5.41) is 0. The van der Waals surface area contributed by atoms with E-state index in [9.17, 15) is 0 Å². The molecule has 1 saturated carbocycles. The van der Waals surface area contributed by atoms with Gasteiger partial charge in [-0.05, 0) is 24.8 Å². The minimum atomic E-state index is 0.188. The van der Waals surface area contributed by atoms with Crippen LogP contribution in [-0.2, 0) is 29.1 Å². The number of morpholine rings is 1. The monoisotopic (exact) mass is 419 g/mol. The summed E-state index contributed by atoms with van der Waals surface area (Å²) in [7, 11) is 0. The normalized spacial score (nSPS) is 22.9. The molecule has 0 N–H and O–H groups in total. The van der Waals surface area contributed by atoms with Crippen molar-refractivity contribution in [3.8, 4) is 5.75 Å². The lowest BCUT2D eigenvalue weighted by molar-refractivity contribution is 0.0652. The van der Waals surface area contributed by atoms with Crippen molar-refractivity contribution in [2.24, 2.45) is 5.92 Å². The maximum atomic E-state index is 6.42. The van der Waals surface area contributed by atoms with Gasteiger partial charge in [-0.25, -0.2) is 15.0 Å². The van der Waals surface area contributed by atoms with Crippen molar-refractivity contribution < 1.29 is 14.2 Å². The summed E-state index contributed by atoms with van der Waals surface area (Å²) in [6, 6.07) is 4.21. The maximum absolute atomic E-state index is 6.42. The van der Waals surface area contributed by atoms with Gasteiger partial charge in [0.2, 0.25) is 0 Å². The molecule has 0 amide bonds. The number of benzene rings is 1. The average molecular weight is 419 g/mol. The summed E-state index contributed by atoms with van der Waals surface area (Å²) >= 11 is 0. The minimum Gasteiger partial charge on any atom is -0.488 e. The Balaban J connectivity index is 1.15. The molecule has 6 rings (SSSR count). The molecule has 1 aliphatic carbocycles. The predicted molar refractivity (Wildman–Crippen MR) is 114 cm³/mol. The summed E-state index contributed by atoms with van der Waals surface area (Å²) in [6.07, 6.45) is 8.45. The first-order chi connectivity index (χ1) is 15.3. The molecule has 2 aliphatic heterocycles. The highest BCUT2D eigenvalue weighted by Crippen LogP contribution is 2.37. The molecule has 2 fully saturated rings. The van der Waals surface area contributed by atoms with Crippen molar-refractivity contribution >= 4 is 16.7 Å². The molecule has 8 heteroatoms. The Labute approximate surface area is 180 Å². The Morgan fingerprint density at radius 2 is 1.87 bits per heavy atom. The van der Waals surface area contributed by atoms with Gasteiger partial charge >= 0.3 is 0 Å². The van der Waals surface area contributed by atoms with Crippen LogP contribution in [0.2, 0.25) is 0 Å². The molecule has 31 heavy (non-hydrogen) atoms. The van der Waals surface area contributed by atoms with E-state index in [0.717, 1.165) is 85.1 Å². The van der Waals surface area contributed by atoms with Gasteiger partial charge in [0, 0.05) is 55.4 Å². The molecule has 1 saturated heterocycles. The largest absolute Gasteiger partial charge is 0.488 e. The first-order valence-corrected chi connectivity index (χ1v) is 11.0. The van der Waals surface area contributed by atoms with E-state index in [1.807, 2.05) is 6.20 Å². The quantitative estimate of drug-likeness (QED) is 0.624. The molecular formula is C23H25N5O3. The first kappa shape index (κ1) is 18.9. The van der Waals surface area contributed by atoms with Crippen LogP contribution in [0.15, 0.2) is 30.7 Å². The Morgan fingerprint density at radius 3 is 2.77 bits per heavy atom. The summed E-state index contributed by atoms with van der Waals surface area (Å²) in [5.74, 6) is 2.28. The SMILES string of the molecule is c1cnc2c(OC3CC(Cc4ncc5c(n4)COC5)C3)cc(N3CCOCC3)cc2n1. The highest BCUT2D eigenvalue weighted by atomic mass is 16.5. The summed E-state index contributed by atoms with van der Waals surface area (Å²) in [4.78, 5) is 20.6. The van der Waals surface area contributed by atoms with Gasteiger partial charge in [-0.3, -0.25) is 4.98 Å². The lowest BCUT2D eigenvalue weighted by atomic mass is 9.80. The van der Waals surface area contributed by atoms with E-state index >= 15 is 0 Å². The number of aromatic nitrogens is 4. The van der Waals surface area contributed by atoms with Gasteiger partial charge in [-0.2, -0.15) is 0 Å². The fraction of sp³-hybridized carbons (Fsp3) is 0.478. The van der Waals surface area contributed by atoms with Crippen LogP contribution in [0.4, 0.5) is 5.69 Å². The number of nitrogens with zero attached hydrogens (tertiary/aromatic N) is 5. The third-order valence-electron chi connectivity index (χ3n) is 6.36. The van der Waals surface area contributed by atoms with Crippen LogP contribution < -0.4 is 9.64 Å². The van der Waals surface area contributed by atoms with Crippen molar-refractivity contribution in [1.82, 2.24) is 19.9 Å². The predicted octanol–water partition coefficient (Wildman–Crippen LogP) is 2.69. The third-order valence-corrected chi connectivity index (χ3v) is 6.36. The van der Waals surface area contributed by atoms with Crippen LogP contribution in [0.5, 0.6) is 5.75 Å². The average Bonchev–Trinajstić information content (AvgIpc) is 3.26. The molecule has 0 radical (unpaired) electrons. The molecule has 3 aliphatic rings. The van der Waals surface area contributed by atoms with E-state index in [0.29, 0.717) is 19.1 Å². The van der Waals surface area contributed by atoms with Gasteiger partial charge in [-0.15, -0.1) is 0 Å². The number of anilines is 1. The summed E-state index contributed by atoms with van der Waals surface area (Å²) < 4.78 is 17.4. The van der Waals surface area contributed by atoms with Gasteiger partial charge in [-0.1, -0.05) is 0 Å². The summed E-state index contributed by atoms with van der Waals surface area (Å²) in [6.45, 7) is 4.49. The van der Waals surface area contributed by atoms with Crippen LogP contribution in [0.25, 0.3) is 11.0 Å². The zero-order valence-corrected chi connectivity index (χ0v) is 17.4. The molecule has 4 heterocycles. The second-order valence-electron chi connectivity index (χ2n) is 8.50. The Hall–Kier alpha value is -2.84. The Morgan fingerprint density at radius 1 is 1.00 bits per heavy atom. The summed E-state index contributed by atoms with van der Waals surface area (Å²) in [5.41, 5.74) is 4.97. The molecule has 3 aromatic rings. The molecule has 0 unspecified atom stereocenters. The van der Waals surface area contributed by atoms with E-state index in [4.69, 9.17) is 14.2 Å². The lowest BCUT2D eigenvalue weighted by Crippen LogP contribution is -2.37. The second kappa shape index (κ2) is 8.01. The van der Waals surface area contributed by atoms with E-state index in [1.54, 1.807) is 12.4 Å². The van der Waals surface area contributed by atoms with Crippen molar-refractivity contribution in [2.75, 3.05) is 31.2 Å². The molecule has 160 valence electrons. The minimum absolute atomic E-state index is 0.188. The van der Waals surface area contributed by atoms with E-state index in [2.05, 4.69) is 37.0 Å². The second-order valence-corrected chi connectivity index (χ2v) is 8.50. The number of fused-ring (bicyclic) bond motifs is 2. The molecular weight excluding hydrogens is 394 g/mol. The fourth-order valence-electron chi connectivity index (χ4n) is 4.58. The van der Waals surface area contributed by atoms with E-state index < -0.39 is 0 Å². The van der Waals surface area contributed by atoms with Crippen LogP contribution in [0.3, 0.4) is 0 Å². The van der Waals surface area contributed by atoms with Crippen molar-refractivity contribution in [3.05, 3.63) is 47.8 Å². The van der Waals surface area contributed by atoms with Gasteiger partial charge < -0.3 is 19.1 Å². The highest BCUT2D eigenvalue weighted by Gasteiger charge is 2.32. The number of ether oxygens (including phenoxy) is 3. The van der Waals surface area contributed by atoms with Crippen LogP contribution in [0.1, 0.15) is 29.9 Å². The van der Waals surface area contributed by atoms with Crippen molar-refractivity contribution in [3.63, 3.8) is 0 Å². The number of hydrogen-bond donors (Lipinski definition) is 0. The first-order valence-electron chi connectivity index (χ1n) is 11.0. The lowest BCUT2D eigenvalue weighted by Gasteiger charge is -2.35. The van der Waals surface area contributed by atoms with Crippen molar-refractivity contribution in [2.45, 2.75) is 38.6 Å². The third kappa shape index (κ3) is 3.81. The zero-order valence-electron chi connectivity index (χ0n) is 17.4. The van der Waals surface area contributed by atoms with Gasteiger partial charge in [0.1, 0.15) is 17.1 Å². The van der Waals surface area contributed by atoms with E-state index in [-0.39, 0.29) is 6.10 Å². The number of hydrogen-bond acceptors (Lipinski definition) is 8. The highest BCUT2D eigenvalue weighted by molar-refractivity contribution is 5.85. The number of rotatable bonds is 5. The van der Waals surface area contributed by atoms with Crippen molar-refractivity contribution in [1.29, 1.82) is 0 Å². The maximum Gasteiger partial charge on any atom is 0.149 e. The van der Waals surface area contributed by atoms with Gasteiger partial charge in [0.05, 0.1) is 43.7 Å². The van der Waals surface area contributed by atoms with Crippen LogP contribution in [-0.4, -0.2) is 52.3 Å². The zero-order chi connectivity index (χ0) is 20.6.